The first-order chi connectivity index (χ1) is 14.2. The summed E-state index contributed by atoms with van der Waals surface area (Å²) in [6.07, 6.45) is 2.99. The number of amides is 1. The summed E-state index contributed by atoms with van der Waals surface area (Å²) >= 11 is 0. The molecule has 0 saturated heterocycles. The number of ether oxygens (including phenoxy) is 2. The quantitative estimate of drug-likeness (QED) is 0.557. The highest BCUT2D eigenvalue weighted by atomic mass is 32.2. The van der Waals surface area contributed by atoms with E-state index in [9.17, 15) is 13.2 Å². The van der Waals surface area contributed by atoms with Crippen LogP contribution >= 0.6 is 0 Å². The summed E-state index contributed by atoms with van der Waals surface area (Å²) in [6, 6.07) is 11.3. The number of hydrogen-bond acceptors (Lipinski definition) is 5. The first-order valence-corrected chi connectivity index (χ1v) is 11.2. The van der Waals surface area contributed by atoms with E-state index >= 15 is 0 Å². The minimum Gasteiger partial charge on any atom is -0.490 e. The highest BCUT2D eigenvalue weighted by Crippen LogP contribution is 2.30. The van der Waals surface area contributed by atoms with Crippen molar-refractivity contribution in [3.63, 3.8) is 0 Å². The molecule has 0 atom stereocenters. The van der Waals surface area contributed by atoms with E-state index in [-0.39, 0.29) is 16.8 Å². The van der Waals surface area contributed by atoms with E-state index in [1.807, 2.05) is 13.8 Å². The Labute approximate surface area is 178 Å². The van der Waals surface area contributed by atoms with Crippen LogP contribution in [0.15, 0.2) is 53.4 Å². The van der Waals surface area contributed by atoms with E-state index in [2.05, 4.69) is 10.0 Å². The van der Waals surface area contributed by atoms with Crippen LogP contribution in [0.5, 0.6) is 11.5 Å². The second-order valence-electron chi connectivity index (χ2n) is 6.70. The lowest BCUT2D eigenvalue weighted by atomic mass is 10.2. The van der Waals surface area contributed by atoms with Gasteiger partial charge in [0.05, 0.1) is 18.1 Å². The van der Waals surface area contributed by atoms with Gasteiger partial charge in [-0.05, 0) is 63.6 Å². The van der Waals surface area contributed by atoms with Crippen molar-refractivity contribution in [2.45, 2.75) is 38.6 Å². The van der Waals surface area contributed by atoms with Gasteiger partial charge in [-0.15, -0.1) is 0 Å². The average molecular weight is 433 g/mol. The van der Waals surface area contributed by atoms with Crippen molar-refractivity contribution >= 4 is 27.7 Å². The highest BCUT2D eigenvalue weighted by molar-refractivity contribution is 7.89. The van der Waals surface area contributed by atoms with Crippen LogP contribution < -0.4 is 19.5 Å². The number of benzene rings is 2. The molecule has 0 unspecified atom stereocenters. The molecule has 0 aliphatic rings. The molecular weight excluding hydrogens is 404 g/mol. The van der Waals surface area contributed by atoms with Crippen LogP contribution in [0.1, 0.15) is 33.3 Å². The Bertz CT molecular complexity index is 983. The molecule has 2 aromatic rings. The van der Waals surface area contributed by atoms with Crippen molar-refractivity contribution in [1.82, 2.24) is 4.72 Å². The summed E-state index contributed by atoms with van der Waals surface area (Å²) in [4.78, 5) is 12.4. The standard InChI is InChI=1S/C22H28N2O5S/c1-5-28-20-13-10-18(15-21(20)29-6-2)23-22(25)14-9-17-7-11-19(12-8-17)30(26,27)24-16(3)4/h7-16,24H,5-6H2,1-4H3,(H,23,25)/b14-9+. The van der Waals surface area contributed by atoms with Gasteiger partial charge in [0, 0.05) is 23.9 Å². The molecule has 0 spiro atoms. The first-order valence-electron chi connectivity index (χ1n) is 9.76. The molecule has 7 nitrogen and oxygen atoms in total. The molecule has 0 aliphatic carbocycles. The number of sulfonamides is 1. The van der Waals surface area contributed by atoms with Crippen molar-refractivity contribution in [2.24, 2.45) is 0 Å². The molecule has 30 heavy (non-hydrogen) atoms. The Kier molecular flexibility index (Phi) is 8.44. The molecule has 0 aromatic heterocycles. The van der Waals surface area contributed by atoms with Gasteiger partial charge >= 0.3 is 0 Å². The van der Waals surface area contributed by atoms with Crippen LogP contribution in [0.4, 0.5) is 5.69 Å². The predicted octanol–water partition coefficient (Wildman–Crippen LogP) is 3.82. The molecule has 0 saturated carbocycles. The molecule has 1 amide bonds. The molecule has 2 rings (SSSR count). The Morgan fingerprint density at radius 3 is 2.23 bits per heavy atom. The van der Waals surface area contributed by atoms with Crippen LogP contribution in [-0.2, 0) is 14.8 Å². The van der Waals surface area contributed by atoms with Crippen molar-refractivity contribution in [2.75, 3.05) is 18.5 Å². The zero-order valence-electron chi connectivity index (χ0n) is 17.6. The van der Waals surface area contributed by atoms with Gasteiger partial charge in [-0.3, -0.25) is 4.79 Å². The van der Waals surface area contributed by atoms with Crippen molar-refractivity contribution in [1.29, 1.82) is 0 Å². The van der Waals surface area contributed by atoms with Crippen LogP contribution in [-0.4, -0.2) is 33.6 Å². The van der Waals surface area contributed by atoms with Crippen molar-refractivity contribution in [3.05, 3.63) is 54.1 Å². The fourth-order valence-electron chi connectivity index (χ4n) is 2.62. The van der Waals surface area contributed by atoms with Gasteiger partial charge < -0.3 is 14.8 Å². The van der Waals surface area contributed by atoms with E-state index < -0.39 is 10.0 Å². The minimum atomic E-state index is -3.54. The second-order valence-corrected chi connectivity index (χ2v) is 8.41. The fraction of sp³-hybridized carbons (Fsp3) is 0.318. The maximum atomic E-state index is 12.2. The molecule has 8 heteroatoms. The summed E-state index contributed by atoms with van der Waals surface area (Å²) in [5, 5.41) is 2.77. The summed E-state index contributed by atoms with van der Waals surface area (Å²) in [6.45, 7) is 8.28. The van der Waals surface area contributed by atoms with Gasteiger partial charge in [0.25, 0.3) is 0 Å². The molecule has 0 radical (unpaired) electrons. The molecule has 2 aromatic carbocycles. The maximum Gasteiger partial charge on any atom is 0.248 e. The number of carbonyl (C=O) groups excluding carboxylic acids is 1. The average Bonchev–Trinajstić information content (AvgIpc) is 2.68. The third-order valence-corrected chi connectivity index (χ3v) is 5.49. The Morgan fingerprint density at radius 2 is 1.63 bits per heavy atom. The van der Waals surface area contributed by atoms with Crippen LogP contribution in [0.3, 0.4) is 0 Å². The molecular formula is C22H28N2O5S. The van der Waals surface area contributed by atoms with Gasteiger partial charge in [-0.2, -0.15) is 0 Å². The monoisotopic (exact) mass is 432 g/mol. The van der Waals surface area contributed by atoms with E-state index in [0.29, 0.717) is 36.0 Å². The highest BCUT2D eigenvalue weighted by Gasteiger charge is 2.14. The Hall–Kier alpha value is -2.84. The zero-order chi connectivity index (χ0) is 22.1. The number of hydrogen-bond donors (Lipinski definition) is 2. The topological polar surface area (TPSA) is 93.7 Å². The van der Waals surface area contributed by atoms with Gasteiger partial charge in [0.2, 0.25) is 15.9 Å². The fourth-order valence-corrected chi connectivity index (χ4v) is 3.87. The lowest BCUT2D eigenvalue weighted by Crippen LogP contribution is -2.30. The summed E-state index contributed by atoms with van der Waals surface area (Å²) in [5.74, 6) is 0.864. The third-order valence-electron chi connectivity index (χ3n) is 3.82. The molecule has 0 bridgehead atoms. The van der Waals surface area contributed by atoms with E-state index in [4.69, 9.17) is 9.47 Å². The Balaban J connectivity index is 2.05. The largest absolute Gasteiger partial charge is 0.490 e. The maximum absolute atomic E-state index is 12.2. The smallest absolute Gasteiger partial charge is 0.248 e. The second kappa shape index (κ2) is 10.8. The zero-order valence-corrected chi connectivity index (χ0v) is 18.5. The summed E-state index contributed by atoms with van der Waals surface area (Å²) in [5.41, 5.74) is 1.29. The van der Waals surface area contributed by atoms with Crippen LogP contribution in [0.2, 0.25) is 0 Å². The molecule has 2 N–H and O–H groups in total. The van der Waals surface area contributed by atoms with E-state index in [1.54, 1.807) is 50.3 Å². The van der Waals surface area contributed by atoms with Crippen LogP contribution in [0.25, 0.3) is 6.08 Å². The number of anilines is 1. The van der Waals surface area contributed by atoms with Gasteiger partial charge in [-0.1, -0.05) is 12.1 Å². The SMILES string of the molecule is CCOc1ccc(NC(=O)/C=C/c2ccc(S(=O)(=O)NC(C)C)cc2)cc1OCC. The molecule has 0 aliphatic heterocycles. The minimum absolute atomic E-state index is 0.177. The van der Waals surface area contributed by atoms with Gasteiger partial charge in [-0.25, -0.2) is 13.1 Å². The number of rotatable bonds is 10. The summed E-state index contributed by atoms with van der Waals surface area (Å²) < 4.78 is 37.9. The lowest BCUT2D eigenvalue weighted by Gasteiger charge is -2.12. The number of carbonyl (C=O) groups is 1. The van der Waals surface area contributed by atoms with Crippen molar-refractivity contribution in [3.8, 4) is 11.5 Å². The predicted molar refractivity (Wildman–Crippen MR) is 118 cm³/mol. The number of nitrogens with one attached hydrogen (secondary N) is 2. The summed E-state index contributed by atoms with van der Waals surface area (Å²) in [7, 11) is -3.54. The van der Waals surface area contributed by atoms with Crippen LogP contribution in [0, 0.1) is 0 Å². The van der Waals surface area contributed by atoms with Crippen molar-refractivity contribution < 1.29 is 22.7 Å². The Morgan fingerprint density at radius 1 is 1.00 bits per heavy atom. The molecule has 0 fully saturated rings. The first kappa shape index (κ1) is 23.4. The van der Waals surface area contributed by atoms with Gasteiger partial charge in [0.1, 0.15) is 0 Å². The molecule has 162 valence electrons. The third kappa shape index (κ3) is 6.89. The normalized spacial score (nSPS) is 11.6. The van der Waals surface area contributed by atoms with E-state index in [1.165, 1.54) is 18.2 Å². The van der Waals surface area contributed by atoms with E-state index in [0.717, 1.165) is 0 Å². The molecule has 0 heterocycles. The van der Waals surface area contributed by atoms with Gasteiger partial charge in [0.15, 0.2) is 11.5 Å². The lowest BCUT2D eigenvalue weighted by molar-refractivity contribution is -0.111.